The van der Waals surface area contributed by atoms with Gasteiger partial charge in [-0.25, -0.2) is 4.79 Å². The number of rotatable bonds is 12. The first kappa shape index (κ1) is 25.4. The zero-order valence-electron chi connectivity index (χ0n) is 18.6. The van der Waals surface area contributed by atoms with Crippen molar-refractivity contribution in [2.45, 2.75) is 32.2 Å². The zero-order chi connectivity index (χ0) is 24.1. The highest BCUT2D eigenvalue weighted by molar-refractivity contribution is 5.85. The molecule has 0 spiro atoms. The summed E-state index contributed by atoms with van der Waals surface area (Å²) in [6, 6.07) is 16.0. The van der Waals surface area contributed by atoms with E-state index in [0.29, 0.717) is 12.1 Å². The molecule has 9 heteroatoms. The molecule has 0 heterocycles. The number of hydrogen-bond donors (Lipinski definition) is 5. The molecule has 2 aromatic carbocycles. The second-order valence-corrected chi connectivity index (χ2v) is 7.42. The van der Waals surface area contributed by atoms with Gasteiger partial charge in [-0.15, -0.1) is 0 Å². The number of carboxylic acid groups (broad SMARTS) is 1. The molecule has 0 saturated heterocycles. The minimum Gasteiger partial charge on any atom is -0.481 e. The van der Waals surface area contributed by atoms with Crippen LogP contribution in [0, 0.1) is 0 Å². The van der Waals surface area contributed by atoms with E-state index >= 15 is 0 Å². The van der Waals surface area contributed by atoms with E-state index in [1.807, 2.05) is 49.4 Å². The van der Waals surface area contributed by atoms with Gasteiger partial charge < -0.3 is 26.4 Å². The van der Waals surface area contributed by atoms with E-state index in [2.05, 4.69) is 21.3 Å². The Morgan fingerprint density at radius 1 is 0.818 bits per heavy atom. The average Bonchev–Trinajstić information content (AvgIpc) is 2.81. The first-order chi connectivity index (χ1) is 15.9. The Labute approximate surface area is 193 Å². The van der Waals surface area contributed by atoms with Crippen molar-refractivity contribution < 1.29 is 24.3 Å². The van der Waals surface area contributed by atoms with Crippen molar-refractivity contribution in [3.63, 3.8) is 0 Å². The fourth-order valence-electron chi connectivity index (χ4n) is 3.07. The van der Waals surface area contributed by atoms with Crippen molar-refractivity contribution in [2.75, 3.05) is 19.6 Å². The number of amides is 4. The first-order valence-corrected chi connectivity index (χ1v) is 10.8. The summed E-state index contributed by atoms with van der Waals surface area (Å²) in [5.74, 6) is -1.96. The van der Waals surface area contributed by atoms with Crippen molar-refractivity contribution in [3.8, 4) is 11.1 Å². The van der Waals surface area contributed by atoms with E-state index in [9.17, 15) is 24.3 Å². The second-order valence-electron chi connectivity index (χ2n) is 7.42. The molecule has 0 aliphatic carbocycles. The lowest BCUT2D eigenvalue weighted by atomic mass is 9.99. The highest BCUT2D eigenvalue weighted by Crippen LogP contribution is 2.23. The molecule has 0 radical (unpaired) electrons. The van der Waals surface area contributed by atoms with Crippen LogP contribution in [0.1, 0.15) is 37.8 Å². The molecule has 0 aliphatic rings. The number of aliphatic carboxylic acids is 1. The number of carboxylic acids is 1. The number of benzene rings is 2. The van der Waals surface area contributed by atoms with Gasteiger partial charge in [0.2, 0.25) is 11.8 Å². The molecule has 9 nitrogen and oxygen atoms in total. The van der Waals surface area contributed by atoms with Gasteiger partial charge in [-0.3, -0.25) is 14.4 Å². The van der Waals surface area contributed by atoms with Crippen LogP contribution in [-0.4, -0.2) is 48.6 Å². The lowest BCUT2D eigenvalue weighted by molar-refractivity contribution is -0.138. The van der Waals surface area contributed by atoms with Gasteiger partial charge >= 0.3 is 12.0 Å². The molecule has 1 atom stereocenters. The van der Waals surface area contributed by atoms with Gasteiger partial charge in [-0.05, 0) is 23.1 Å². The normalized spacial score (nSPS) is 11.2. The molecular weight excluding hydrogens is 424 g/mol. The molecule has 0 saturated carbocycles. The Morgan fingerprint density at radius 3 is 2.09 bits per heavy atom. The van der Waals surface area contributed by atoms with Gasteiger partial charge in [-0.1, -0.05) is 61.5 Å². The highest BCUT2D eigenvalue weighted by Gasteiger charge is 2.18. The Kier molecular flexibility index (Phi) is 10.4. The van der Waals surface area contributed by atoms with Crippen LogP contribution in [0.3, 0.4) is 0 Å². The largest absolute Gasteiger partial charge is 0.481 e. The van der Waals surface area contributed by atoms with Crippen LogP contribution in [0.2, 0.25) is 0 Å². The van der Waals surface area contributed by atoms with E-state index in [1.54, 1.807) is 12.1 Å². The van der Waals surface area contributed by atoms with E-state index in [-0.39, 0.29) is 32.0 Å². The summed E-state index contributed by atoms with van der Waals surface area (Å²) in [6.45, 7) is 2.32. The molecule has 0 aliphatic heterocycles. The van der Waals surface area contributed by atoms with Crippen LogP contribution in [0.25, 0.3) is 11.1 Å². The van der Waals surface area contributed by atoms with Gasteiger partial charge in [0.05, 0.1) is 19.0 Å². The average molecular weight is 455 g/mol. The fourth-order valence-corrected chi connectivity index (χ4v) is 3.07. The third-order valence-corrected chi connectivity index (χ3v) is 4.75. The van der Waals surface area contributed by atoms with E-state index < -0.39 is 23.8 Å². The van der Waals surface area contributed by atoms with Crippen LogP contribution >= 0.6 is 0 Å². The predicted octanol–water partition coefficient (Wildman–Crippen LogP) is 2.20. The maximum Gasteiger partial charge on any atom is 0.314 e. The minimum absolute atomic E-state index is 0.0202. The van der Waals surface area contributed by atoms with Crippen LogP contribution in [0.15, 0.2) is 54.6 Å². The molecule has 176 valence electrons. The number of nitrogens with one attached hydrogen (secondary N) is 4. The third-order valence-electron chi connectivity index (χ3n) is 4.75. The van der Waals surface area contributed by atoms with Gasteiger partial charge in [-0.2, -0.15) is 0 Å². The monoisotopic (exact) mass is 454 g/mol. The molecule has 0 bridgehead atoms. The van der Waals surface area contributed by atoms with Crippen molar-refractivity contribution in [1.29, 1.82) is 0 Å². The summed E-state index contributed by atoms with van der Waals surface area (Å²) in [6.07, 6.45) is 0.538. The maximum atomic E-state index is 12.3. The molecule has 2 aromatic rings. The van der Waals surface area contributed by atoms with Crippen molar-refractivity contribution >= 4 is 23.8 Å². The first-order valence-electron chi connectivity index (χ1n) is 10.8. The Morgan fingerprint density at radius 2 is 1.45 bits per heavy atom. The van der Waals surface area contributed by atoms with Crippen molar-refractivity contribution in [3.05, 3.63) is 60.2 Å². The summed E-state index contributed by atoms with van der Waals surface area (Å²) in [4.78, 5) is 46.9. The third kappa shape index (κ3) is 9.42. The number of urea groups is 1. The standard InChI is InChI=1S/C24H30N4O5/c1-2-13-25-24(33)26-14-12-21(29)27-16-22(30)28-20(15-23(31)32)19-10-8-18(9-11-19)17-6-4-3-5-7-17/h3-11,20H,2,12-16H2,1H3,(H,27,29)(H,28,30)(H,31,32)(H2,25,26,33). The quantitative estimate of drug-likeness (QED) is 0.335. The molecular formula is C24H30N4O5. The van der Waals surface area contributed by atoms with Gasteiger partial charge in [0.15, 0.2) is 0 Å². The molecule has 0 aromatic heterocycles. The summed E-state index contributed by atoms with van der Waals surface area (Å²) in [5.41, 5.74) is 2.66. The molecule has 5 N–H and O–H groups in total. The van der Waals surface area contributed by atoms with Crippen LogP contribution in [0.4, 0.5) is 4.79 Å². The second kappa shape index (κ2) is 13.5. The number of hydrogen-bond acceptors (Lipinski definition) is 4. The van der Waals surface area contributed by atoms with E-state index in [1.165, 1.54) is 0 Å². The van der Waals surface area contributed by atoms with Crippen LogP contribution in [-0.2, 0) is 14.4 Å². The number of carbonyl (C=O) groups excluding carboxylic acids is 3. The number of carbonyl (C=O) groups is 4. The van der Waals surface area contributed by atoms with E-state index in [0.717, 1.165) is 17.5 Å². The van der Waals surface area contributed by atoms with Crippen LogP contribution < -0.4 is 21.3 Å². The Balaban J connectivity index is 1.85. The summed E-state index contributed by atoms with van der Waals surface area (Å²) in [7, 11) is 0. The lowest BCUT2D eigenvalue weighted by Crippen LogP contribution is -2.41. The summed E-state index contributed by atoms with van der Waals surface area (Å²) in [5, 5.41) is 19.6. The lowest BCUT2D eigenvalue weighted by Gasteiger charge is -2.18. The van der Waals surface area contributed by atoms with E-state index in [4.69, 9.17) is 0 Å². The molecule has 1 unspecified atom stereocenters. The van der Waals surface area contributed by atoms with Crippen molar-refractivity contribution in [2.24, 2.45) is 0 Å². The highest BCUT2D eigenvalue weighted by atomic mass is 16.4. The van der Waals surface area contributed by atoms with Crippen molar-refractivity contribution in [1.82, 2.24) is 21.3 Å². The predicted molar refractivity (Wildman–Crippen MR) is 124 cm³/mol. The summed E-state index contributed by atoms with van der Waals surface area (Å²) >= 11 is 0. The van der Waals surface area contributed by atoms with Gasteiger partial charge in [0.1, 0.15) is 0 Å². The van der Waals surface area contributed by atoms with Gasteiger partial charge in [0, 0.05) is 19.5 Å². The van der Waals surface area contributed by atoms with Crippen LogP contribution in [0.5, 0.6) is 0 Å². The molecule has 33 heavy (non-hydrogen) atoms. The smallest absolute Gasteiger partial charge is 0.314 e. The minimum atomic E-state index is -1.05. The molecule has 2 rings (SSSR count). The Bertz CT molecular complexity index is 932. The molecule has 4 amide bonds. The topological polar surface area (TPSA) is 137 Å². The SMILES string of the molecule is CCCNC(=O)NCCC(=O)NCC(=O)NC(CC(=O)O)c1ccc(-c2ccccc2)cc1. The van der Waals surface area contributed by atoms with Gasteiger partial charge in [0.25, 0.3) is 0 Å². The summed E-state index contributed by atoms with van der Waals surface area (Å²) < 4.78 is 0. The fraction of sp³-hybridized carbons (Fsp3) is 0.333. The Hall–Kier alpha value is -3.88. The zero-order valence-corrected chi connectivity index (χ0v) is 18.6. The maximum absolute atomic E-state index is 12.3. The molecule has 0 fully saturated rings.